The second kappa shape index (κ2) is 8.29. The van der Waals surface area contributed by atoms with Crippen LogP contribution in [0.4, 0.5) is 0 Å². The molecule has 0 radical (unpaired) electrons. The maximum absolute atomic E-state index is 11.3. The van der Waals surface area contributed by atoms with Gasteiger partial charge in [0.15, 0.2) is 0 Å². The summed E-state index contributed by atoms with van der Waals surface area (Å²) in [6.45, 7) is 15.8. The highest BCUT2D eigenvalue weighted by atomic mass is 16.3. The fourth-order valence-electron chi connectivity index (χ4n) is 8.60. The van der Waals surface area contributed by atoms with E-state index in [2.05, 4.69) is 47.3 Å². The maximum Gasteiger partial charge on any atom is 0.0757 e. The van der Waals surface area contributed by atoms with Crippen LogP contribution in [0.3, 0.4) is 0 Å². The van der Waals surface area contributed by atoms with Crippen molar-refractivity contribution in [2.24, 2.45) is 46.3 Å². The first-order valence-corrected chi connectivity index (χ1v) is 12.9. The third kappa shape index (κ3) is 3.77. The van der Waals surface area contributed by atoms with E-state index in [-0.39, 0.29) is 29.0 Å². The number of fused-ring (bicyclic) bond motifs is 5. The van der Waals surface area contributed by atoms with Gasteiger partial charge in [-0.1, -0.05) is 58.4 Å². The molecule has 4 aliphatic rings. The molecule has 4 aliphatic carbocycles. The van der Waals surface area contributed by atoms with E-state index < -0.39 is 6.10 Å². The fraction of sp³-hybridized carbons (Fsp3) is 0.857. The predicted molar refractivity (Wildman–Crippen MR) is 126 cm³/mol. The van der Waals surface area contributed by atoms with Gasteiger partial charge in [0.2, 0.25) is 0 Å². The quantitative estimate of drug-likeness (QED) is 0.505. The molecule has 0 aromatic rings. The highest BCUT2D eigenvalue weighted by Gasteiger charge is 2.63. The summed E-state index contributed by atoms with van der Waals surface area (Å²) < 4.78 is 0. The Hall–Kier alpha value is -0.640. The van der Waals surface area contributed by atoms with E-state index in [9.17, 15) is 15.3 Å². The first-order valence-electron chi connectivity index (χ1n) is 12.9. The predicted octanol–water partition coefficient (Wildman–Crippen LogP) is 5.50. The largest absolute Gasteiger partial charge is 0.393 e. The molecule has 0 amide bonds. The molecule has 4 rings (SSSR count). The van der Waals surface area contributed by atoms with Crippen molar-refractivity contribution >= 4 is 0 Å². The molecule has 176 valence electrons. The van der Waals surface area contributed by atoms with Gasteiger partial charge in [-0.15, -0.1) is 0 Å². The van der Waals surface area contributed by atoms with Crippen LogP contribution in [0.15, 0.2) is 23.8 Å². The van der Waals surface area contributed by atoms with Crippen molar-refractivity contribution < 1.29 is 15.3 Å². The third-order valence-corrected chi connectivity index (χ3v) is 10.6. The molecule has 3 nitrogen and oxygen atoms in total. The molecule has 1 unspecified atom stereocenters. The molecule has 0 aromatic heterocycles. The molecular weight excluding hydrogens is 384 g/mol. The van der Waals surface area contributed by atoms with Crippen LogP contribution in [0.5, 0.6) is 0 Å². The van der Waals surface area contributed by atoms with E-state index in [1.807, 2.05) is 0 Å². The van der Waals surface area contributed by atoms with Crippen LogP contribution < -0.4 is 0 Å². The fourth-order valence-corrected chi connectivity index (χ4v) is 8.60. The van der Waals surface area contributed by atoms with Gasteiger partial charge in [0.25, 0.3) is 0 Å². The smallest absolute Gasteiger partial charge is 0.0757 e. The van der Waals surface area contributed by atoms with Crippen LogP contribution in [0.1, 0.15) is 86.0 Å². The molecule has 3 N–H and O–H groups in total. The van der Waals surface area contributed by atoms with Gasteiger partial charge in [0, 0.05) is 0 Å². The van der Waals surface area contributed by atoms with Crippen molar-refractivity contribution in [1.29, 1.82) is 0 Å². The van der Waals surface area contributed by atoms with Crippen molar-refractivity contribution in [2.45, 2.75) is 104 Å². The van der Waals surface area contributed by atoms with Crippen molar-refractivity contribution in [3.05, 3.63) is 23.8 Å². The second-order valence-corrected chi connectivity index (χ2v) is 12.5. The molecule has 0 spiro atoms. The van der Waals surface area contributed by atoms with E-state index in [1.54, 1.807) is 0 Å². The van der Waals surface area contributed by atoms with Gasteiger partial charge in [-0.3, -0.25) is 0 Å². The van der Waals surface area contributed by atoms with Crippen LogP contribution in [0, 0.1) is 46.3 Å². The summed E-state index contributed by atoms with van der Waals surface area (Å²) in [7, 11) is 0. The topological polar surface area (TPSA) is 60.7 Å². The normalized spacial score (nSPS) is 47.9. The van der Waals surface area contributed by atoms with Gasteiger partial charge >= 0.3 is 0 Å². The van der Waals surface area contributed by atoms with E-state index in [0.717, 1.165) is 51.4 Å². The Bertz CT molecular complexity index is 726. The van der Waals surface area contributed by atoms with Crippen LogP contribution in [-0.2, 0) is 0 Å². The Labute approximate surface area is 190 Å². The van der Waals surface area contributed by atoms with Gasteiger partial charge in [-0.2, -0.15) is 0 Å². The zero-order valence-corrected chi connectivity index (χ0v) is 20.5. The number of hydrogen-bond acceptors (Lipinski definition) is 3. The zero-order chi connectivity index (χ0) is 22.7. The third-order valence-electron chi connectivity index (χ3n) is 10.6. The average molecular weight is 431 g/mol. The van der Waals surface area contributed by atoms with E-state index >= 15 is 0 Å². The number of allylic oxidation sites excluding steroid dienone is 1. The molecule has 3 fully saturated rings. The first kappa shape index (κ1) is 23.5. The lowest BCUT2D eigenvalue weighted by Gasteiger charge is -2.59. The Morgan fingerprint density at radius 2 is 1.81 bits per heavy atom. The lowest BCUT2D eigenvalue weighted by atomic mass is 9.46. The van der Waals surface area contributed by atoms with Gasteiger partial charge in [0.05, 0.1) is 18.3 Å². The van der Waals surface area contributed by atoms with Crippen LogP contribution in [0.2, 0.25) is 0 Å². The number of aliphatic hydroxyl groups is 3. The summed E-state index contributed by atoms with van der Waals surface area (Å²) in [5.74, 6) is 2.36. The maximum atomic E-state index is 11.3. The molecule has 0 aliphatic heterocycles. The molecule has 10 atom stereocenters. The average Bonchev–Trinajstić information content (AvgIpc) is 2.97. The van der Waals surface area contributed by atoms with Gasteiger partial charge < -0.3 is 15.3 Å². The van der Waals surface area contributed by atoms with Crippen LogP contribution >= 0.6 is 0 Å². The van der Waals surface area contributed by atoms with Crippen molar-refractivity contribution in [3.8, 4) is 0 Å². The lowest BCUT2D eigenvalue weighted by molar-refractivity contribution is -0.0987. The van der Waals surface area contributed by atoms with E-state index in [1.165, 1.54) is 11.1 Å². The molecule has 0 aromatic carbocycles. The number of rotatable bonds is 5. The molecule has 3 saturated carbocycles. The minimum atomic E-state index is -0.440. The molecule has 0 heterocycles. The highest BCUT2D eigenvalue weighted by Crippen LogP contribution is 2.67. The monoisotopic (exact) mass is 430 g/mol. The van der Waals surface area contributed by atoms with Crippen molar-refractivity contribution in [2.75, 3.05) is 0 Å². The van der Waals surface area contributed by atoms with E-state index in [4.69, 9.17) is 0 Å². The molecule has 0 saturated heterocycles. The summed E-state index contributed by atoms with van der Waals surface area (Å²) in [6, 6.07) is 0. The summed E-state index contributed by atoms with van der Waals surface area (Å²) in [4.78, 5) is 0. The molecule has 3 heteroatoms. The SMILES string of the molecule is C=C(CC[C@@H](C)[C@H]1[C@@H](O)C[C@H]2C3[C@H](O)C=C4C[C@@H](O)CC[C@]4(C)[C@H]3CC[C@]12C)C(C)C. The number of hydrogen-bond donors (Lipinski definition) is 3. The van der Waals surface area contributed by atoms with Crippen molar-refractivity contribution in [1.82, 2.24) is 0 Å². The van der Waals surface area contributed by atoms with Gasteiger partial charge in [-0.05, 0) is 97.7 Å². The molecule has 31 heavy (non-hydrogen) atoms. The number of aliphatic hydroxyl groups excluding tert-OH is 3. The minimum Gasteiger partial charge on any atom is -0.393 e. The molecular formula is C28H46O3. The second-order valence-electron chi connectivity index (χ2n) is 12.5. The van der Waals surface area contributed by atoms with Gasteiger partial charge in [-0.25, -0.2) is 0 Å². The highest BCUT2D eigenvalue weighted by molar-refractivity contribution is 5.28. The standard InChI is InChI=1S/C28H46O3/c1-16(2)17(3)7-8-18(4)26-24(31)15-22-25-21(10-12-28(22,26)6)27(5)11-9-20(29)13-19(27)14-23(25)30/h14,16,18,20-26,29-31H,3,7-13,15H2,1-2,4-6H3/t18-,20+,21+,22+,23-,24+,25?,26+,27+,28+/m1/s1. The van der Waals surface area contributed by atoms with Crippen molar-refractivity contribution in [3.63, 3.8) is 0 Å². The van der Waals surface area contributed by atoms with Gasteiger partial charge in [0.1, 0.15) is 0 Å². The Balaban J connectivity index is 1.58. The summed E-state index contributed by atoms with van der Waals surface area (Å²) in [5, 5.41) is 32.8. The Kier molecular flexibility index (Phi) is 6.29. The summed E-state index contributed by atoms with van der Waals surface area (Å²) >= 11 is 0. The van der Waals surface area contributed by atoms with E-state index in [0.29, 0.717) is 29.6 Å². The molecule has 0 bridgehead atoms. The lowest BCUT2D eigenvalue weighted by Crippen LogP contribution is -2.55. The summed E-state index contributed by atoms with van der Waals surface area (Å²) in [5.41, 5.74) is 2.81. The first-order chi connectivity index (χ1) is 14.5. The Morgan fingerprint density at radius 3 is 2.48 bits per heavy atom. The zero-order valence-electron chi connectivity index (χ0n) is 20.5. The van der Waals surface area contributed by atoms with Crippen LogP contribution in [0.25, 0.3) is 0 Å². The minimum absolute atomic E-state index is 0.0933. The Morgan fingerprint density at radius 1 is 1.10 bits per heavy atom. The van der Waals surface area contributed by atoms with Crippen LogP contribution in [-0.4, -0.2) is 33.6 Å². The summed E-state index contributed by atoms with van der Waals surface area (Å²) in [6.07, 6.45) is 9.01.